The Hall–Kier alpha value is -8.20. The van der Waals surface area contributed by atoms with Crippen molar-refractivity contribution in [2.24, 2.45) is 0 Å². The third-order valence-electron chi connectivity index (χ3n) is 12.3. The van der Waals surface area contributed by atoms with Crippen LogP contribution in [0.25, 0.3) is 55.4 Å². The number of para-hydroxylation sites is 2. The van der Waals surface area contributed by atoms with E-state index in [1.165, 1.54) is 44.3 Å². The molecule has 2 nitrogen and oxygen atoms in total. The number of hydrogen-bond donors (Lipinski definition) is 0. The van der Waals surface area contributed by atoms with E-state index in [0.717, 1.165) is 69.1 Å². The summed E-state index contributed by atoms with van der Waals surface area (Å²) in [4.78, 5) is 4.78. The summed E-state index contributed by atoms with van der Waals surface area (Å²) in [5, 5.41) is 2.38. The molecule has 0 saturated heterocycles. The smallest absolute Gasteiger partial charge is 0.0540 e. The molecule has 0 spiro atoms. The zero-order valence-corrected chi connectivity index (χ0v) is 35.8. The molecule has 9 aromatic rings. The zero-order valence-electron chi connectivity index (χ0n) is 35.8. The van der Waals surface area contributed by atoms with Gasteiger partial charge in [-0.15, -0.1) is 0 Å². The van der Waals surface area contributed by atoms with Gasteiger partial charge in [-0.05, 0) is 123 Å². The van der Waals surface area contributed by atoms with Gasteiger partial charge in [-0.25, -0.2) is 0 Å². The Labute approximate surface area is 377 Å². The first kappa shape index (κ1) is 39.9. The van der Waals surface area contributed by atoms with E-state index in [9.17, 15) is 0 Å². The quantitative estimate of drug-likeness (QED) is 0.113. The van der Waals surface area contributed by atoms with Gasteiger partial charge >= 0.3 is 0 Å². The molecule has 0 radical (unpaired) electrons. The molecular weight excluding hydrogens is 773 g/mol. The lowest BCUT2D eigenvalue weighted by Crippen LogP contribution is -2.18. The van der Waals surface area contributed by atoms with E-state index in [1.807, 2.05) is 18.2 Å². The van der Waals surface area contributed by atoms with Gasteiger partial charge in [0.2, 0.25) is 0 Å². The van der Waals surface area contributed by atoms with Gasteiger partial charge in [0.05, 0.1) is 5.69 Å². The number of nitrogens with zero attached hydrogens (tertiary/aromatic N) is 2. The molecule has 306 valence electrons. The van der Waals surface area contributed by atoms with Gasteiger partial charge in [-0.1, -0.05) is 201 Å². The van der Waals surface area contributed by atoms with E-state index in [0.29, 0.717) is 0 Å². The van der Waals surface area contributed by atoms with Crippen molar-refractivity contribution in [1.29, 1.82) is 0 Å². The Bertz CT molecular complexity index is 3170. The standard InChI is InChI=1S/C62H48N2/c1-3-20-45(4-2)59-43-53(63(51-27-10-6-11-28-51)61-33-18-25-46-23-14-16-31-57(46)61)39-41-55(59)49-35-37-50(38-36-49)56-42-40-54(44-60(56)48-21-8-5-9-22-48)64(52-29-12-7-13-30-52)62-34-19-26-47-24-15-17-32-58(47)62/h3-18,20-25,27-44H,1-2,19,26H2/b45-20+. The molecule has 0 saturated carbocycles. The second-order valence-corrected chi connectivity index (χ2v) is 16.1. The van der Waals surface area contributed by atoms with Crippen molar-refractivity contribution in [2.45, 2.75) is 12.8 Å². The second kappa shape index (κ2) is 18.0. The fourth-order valence-corrected chi connectivity index (χ4v) is 9.25. The average Bonchev–Trinajstić information content (AvgIpc) is 3.37. The van der Waals surface area contributed by atoms with Crippen molar-refractivity contribution in [1.82, 2.24) is 0 Å². The number of rotatable bonds is 12. The van der Waals surface area contributed by atoms with Crippen LogP contribution >= 0.6 is 0 Å². The van der Waals surface area contributed by atoms with Crippen molar-refractivity contribution in [3.05, 3.63) is 273 Å². The monoisotopic (exact) mass is 820 g/mol. The number of anilines is 5. The van der Waals surface area contributed by atoms with Crippen molar-refractivity contribution < 1.29 is 0 Å². The number of allylic oxidation sites excluding steroid dienone is 5. The van der Waals surface area contributed by atoms with Crippen LogP contribution in [0.15, 0.2) is 256 Å². The average molecular weight is 821 g/mol. The van der Waals surface area contributed by atoms with Gasteiger partial charge < -0.3 is 9.80 Å². The maximum absolute atomic E-state index is 4.26. The molecule has 0 unspecified atom stereocenters. The summed E-state index contributed by atoms with van der Waals surface area (Å²) in [5.41, 5.74) is 18.4. The van der Waals surface area contributed by atoms with E-state index in [1.54, 1.807) is 0 Å². The first-order valence-corrected chi connectivity index (χ1v) is 22.0. The fourth-order valence-electron chi connectivity index (χ4n) is 9.25. The Balaban J connectivity index is 1.08. The van der Waals surface area contributed by atoms with E-state index in [2.05, 4.69) is 247 Å². The molecule has 1 aliphatic rings. The van der Waals surface area contributed by atoms with Gasteiger partial charge in [-0.2, -0.15) is 0 Å². The van der Waals surface area contributed by atoms with Gasteiger partial charge in [0.15, 0.2) is 0 Å². The molecule has 0 N–H and O–H groups in total. The number of benzene rings is 9. The Morgan fingerprint density at radius 1 is 0.438 bits per heavy atom. The third kappa shape index (κ3) is 7.79. The van der Waals surface area contributed by atoms with Gasteiger partial charge in [0.25, 0.3) is 0 Å². The van der Waals surface area contributed by atoms with E-state index < -0.39 is 0 Å². The minimum Gasteiger partial charge on any atom is -0.310 e. The van der Waals surface area contributed by atoms with E-state index in [4.69, 9.17) is 0 Å². The van der Waals surface area contributed by atoms with Crippen LogP contribution in [0.2, 0.25) is 0 Å². The van der Waals surface area contributed by atoms with Crippen LogP contribution in [-0.4, -0.2) is 0 Å². The molecule has 0 fully saturated rings. The molecule has 10 rings (SSSR count). The molecule has 0 heterocycles. The molecule has 1 aliphatic carbocycles. The molecule has 0 bridgehead atoms. The molecular formula is C62H48N2. The Morgan fingerprint density at radius 2 is 1.02 bits per heavy atom. The highest BCUT2D eigenvalue weighted by Gasteiger charge is 2.23. The first-order chi connectivity index (χ1) is 31.7. The summed E-state index contributed by atoms with van der Waals surface area (Å²) in [5.74, 6) is 0. The van der Waals surface area contributed by atoms with Crippen LogP contribution < -0.4 is 9.80 Å². The summed E-state index contributed by atoms with van der Waals surface area (Å²) in [6.07, 6.45) is 10.3. The SMILES string of the molecule is C=C/C=C(\C=C)c1cc(N(c2ccccc2)c2cccc3ccccc23)ccc1-c1ccc(-c2ccc(N(C3=CCCc4ccccc43)c3ccccc3)cc2-c2ccccc2)cc1. The Morgan fingerprint density at radius 3 is 1.73 bits per heavy atom. The molecule has 64 heavy (non-hydrogen) atoms. The van der Waals surface area contributed by atoms with Crippen LogP contribution in [0.1, 0.15) is 23.1 Å². The maximum Gasteiger partial charge on any atom is 0.0540 e. The molecule has 0 amide bonds. The lowest BCUT2D eigenvalue weighted by Gasteiger charge is -2.32. The van der Waals surface area contributed by atoms with Crippen molar-refractivity contribution >= 4 is 50.5 Å². The first-order valence-electron chi connectivity index (χ1n) is 22.0. The number of aryl methyl sites for hydroxylation is 1. The summed E-state index contributed by atoms with van der Waals surface area (Å²) in [7, 11) is 0. The van der Waals surface area contributed by atoms with Crippen LogP contribution in [0.5, 0.6) is 0 Å². The summed E-state index contributed by atoms with van der Waals surface area (Å²) >= 11 is 0. The predicted molar refractivity (Wildman–Crippen MR) is 275 cm³/mol. The normalized spacial score (nSPS) is 12.2. The van der Waals surface area contributed by atoms with Gasteiger partial charge in [0, 0.05) is 39.4 Å². The molecule has 2 heteroatoms. The predicted octanol–water partition coefficient (Wildman–Crippen LogP) is 17.2. The van der Waals surface area contributed by atoms with Crippen LogP contribution in [0, 0.1) is 0 Å². The summed E-state index contributed by atoms with van der Waals surface area (Å²) in [6.45, 7) is 8.33. The van der Waals surface area contributed by atoms with Crippen molar-refractivity contribution in [3.63, 3.8) is 0 Å². The van der Waals surface area contributed by atoms with E-state index in [-0.39, 0.29) is 0 Å². The van der Waals surface area contributed by atoms with Crippen molar-refractivity contribution in [2.75, 3.05) is 9.80 Å². The minimum atomic E-state index is 1.00. The van der Waals surface area contributed by atoms with Crippen molar-refractivity contribution in [3.8, 4) is 33.4 Å². The third-order valence-corrected chi connectivity index (χ3v) is 12.3. The topological polar surface area (TPSA) is 6.48 Å². The molecule has 0 aromatic heterocycles. The van der Waals surface area contributed by atoms with Crippen LogP contribution in [0.4, 0.5) is 28.4 Å². The molecule has 9 aromatic carbocycles. The molecule has 0 atom stereocenters. The van der Waals surface area contributed by atoms with Crippen LogP contribution in [0.3, 0.4) is 0 Å². The maximum atomic E-state index is 4.26. The largest absolute Gasteiger partial charge is 0.310 e. The highest BCUT2D eigenvalue weighted by Crippen LogP contribution is 2.45. The lowest BCUT2D eigenvalue weighted by atomic mass is 9.90. The van der Waals surface area contributed by atoms with Gasteiger partial charge in [0.1, 0.15) is 0 Å². The zero-order chi connectivity index (χ0) is 43.2. The summed E-state index contributed by atoms with van der Waals surface area (Å²) < 4.78 is 0. The highest BCUT2D eigenvalue weighted by atomic mass is 15.2. The molecule has 0 aliphatic heterocycles. The highest BCUT2D eigenvalue weighted by molar-refractivity contribution is 6.00. The van der Waals surface area contributed by atoms with E-state index >= 15 is 0 Å². The van der Waals surface area contributed by atoms with Crippen LogP contribution in [-0.2, 0) is 6.42 Å². The van der Waals surface area contributed by atoms with Gasteiger partial charge in [-0.3, -0.25) is 0 Å². The minimum absolute atomic E-state index is 1.00. The number of hydrogen-bond acceptors (Lipinski definition) is 2. The number of fused-ring (bicyclic) bond motifs is 2. The summed E-state index contributed by atoms with van der Waals surface area (Å²) in [6, 6.07) is 78.8. The fraction of sp³-hybridized carbons (Fsp3) is 0.0323. The lowest BCUT2D eigenvalue weighted by molar-refractivity contribution is 0.968. The second-order valence-electron chi connectivity index (χ2n) is 16.1. The Kier molecular flexibility index (Phi) is 11.2.